The van der Waals surface area contributed by atoms with Crippen LogP contribution in [-0.4, -0.2) is 24.3 Å². The van der Waals surface area contributed by atoms with Gasteiger partial charge in [-0.05, 0) is 32.1 Å². The Balaban J connectivity index is 2.10. The van der Waals surface area contributed by atoms with Gasteiger partial charge in [-0.3, -0.25) is 4.79 Å². The lowest BCUT2D eigenvalue weighted by atomic mass is 10.2. The molecule has 1 aliphatic rings. The van der Waals surface area contributed by atoms with Crippen molar-refractivity contribution in [3.8, 4) is 0 Å². The fourth-order valence-corrected chi connectivity index (χ4v) is 1.46. The van der Waals surface area contributed by atoms with Crippen molar-refractivity contribution < 1.29 is 14.6 Å². The Morgan fingerprint density at radius 2 is 2.42 bits per heavy atom. The van der Waals surface area contributed by atoms with Gasteiger partial charge in [-0.25, -0.2) is 0 Å². The molecule has 0 aromatic rings. The van der Waals surface area contributed by atoms with E-state index in [0.717, 1.165) is 19.3 Å². The van der Waals surface area contributed by atoms with Crippen molar-refractivity contribution in [1.82, 2.24) is 0 Å². The van der Waals surface area contributed by atoms with Gasteiger partial charge in [-0.2, -0.15) is 0 Å². The fourth-order valence-electron chi connectivity index (χ4n) is 1.46. The molecule has 1 saturated carbocycles. The molecule has 2 atom stereocenters. The molecule has 70 valence electrons. The Morgan fingerprint density at radius 3 is 3.00 bits per heavy atom. The average molecular weight is 172 g/mol. The van der Waals surface area contributed by atoms with E-state index >= 15 is 0 Å². The van der Waals surface area contributed by atoms with Crippen LogP contribution < -0.4 is 0 Å². The third-order valence-corrected chi connectivity index (χ3v) is 2.24. The van der Waals surface area contributed by atoms with Crippen LogP contribution in [0.4, 0.5) is 0 Å². The predicted molar refractivity (Wildman–Crippen MR) is 44.5 cm³/mol. The molecule has 1 rings (SSSR count). The lowest BCUT2D eigenvalue weighted by Gasteiger charge is -1.99. The van der Waals surface area contributed by atoms with Crippen LogP contribution >= 0.6 is 0 Å². The van der Waals surface area contributed by atoms with Crippen LogP contribution in [0.25, 0.3) is 0 Å². The molecule has 0 heterocycles. The van der Waals surface area contributed by atoms with Crippen LogP contribution in [0.3, 0.4) is 0 Å². The summed E-state index contributed by atoms with van der Waals surface area (Å²) in [6.07, 6.45) is 2.72. The van der Waals surface area contributed by atoms with E-state index in [2.05, 4.69) is 0 Å². The summed E-state index contributed by atoms with van der Waals surface area (Å²) in [6.45, 7) is 2.52. The number of carbonyl (C=O) groups is 1. The van der Waals surface area contributed by atoms with Crippen LogP contribution in [0.5, 0.6) is 0 Å². The van der Waals surface area contributed by atoms with E-state index < -0.39 is 0 Å². The fraction of sp³-hybridized carbons (Fsp3) is 0.889. The Hall–Kier alpha value is -0.570. The summed E-state index contributed by atoms with van der Waals surface area (Å²) in [5.41, 5.74) is 0. The first-order valence-corrected chi connectivity index (χ1v) is 4.57. The maximum atomic E-state index is 11.1. The molecule has 0 aliphatic heterocycles. The molecule has 0 spiro atoms. The lowest BCUT2D eigenvalue weighted by molar-refractivity contribution is -0.145. The highest BCUT2D eigenvalue weighted by Crippen LogP contribution is 2.42. The molecule has 3 heteroatoms. The Morgan fingerprint density at radius 1 is 1.67 bits per heavy atom. The molecule has 0 aromatic heterocycles. The highest BCUT2D eigenvalue weighted by atomic mass is 16.5. The highest BCUT2D eigenvalue weighted by molar-refractivity contribution is 5.75. The first-order valence-electron chi connectivity index (χ1n) is 4.57. The molecule has 3 nitrogen and oxygen atoms in total. The second-order valence-corrected chi connectivity index (χ2v) is 3.22. The van der Waals surface area contributed by atoms with Crippen LogP contribution in [0.15, 0.2) is 0 Å². The number of carbonyl (C=O) groups excluding carboxylic acids is 1. The van der Waals surface area contributed by atoms with Gasteiger partial charge < -0.3 is 9.84 Å². The SMILES string of the molecule is CCOC(=O)[C@@H]1C[C@H]1CCCO. The molecule has 12 heavy (non-hydrogen) atoms. The van der Waals surface area contributed by atoms with E-state index in [-0.39, 0.29) is 18.5 Å². The van der Waals surface area contributed by atoms with Gasteiger partial charge >= 0.3 is 5.97 Å². The molecule has 0 unspecified atom stereocenters. The van der Waals surface area contributed by atoms with Crippen molar-refractivity contribution in [2.24, 2.45) is 11.8 Å². The Labute approximate surface area is 72.7 Å². The van der Waals surface area contributed by atoms with Crippen molar-refractivity contribution >= 4 is 5.97 Å². The van der Waals surface area contributed by atoms with Crippen LogP contribution in [-0.2, 0) is 9.53 Å². The molecule has 1 aliphatic carbocycles. The van der Waals surface area contributed by atoms with Gasteiger partial charge in [-0.15, -0.1) is 0 Å². The molecule has 1 fully saturated rings. The molecule has 0 aromatic carbocycles. The van der Waals surface area contributed by atoms with Crippen molar-refractivity contribution in [2.75, 3.05) is 13.2 Å². The van der Waals surface area contributed by atoms with E-state index in [1.807, 2.05) is 6.92 Å². The van der Waals surface area contributed by atoms with E-state index in [0.29, 0.717) is 12.5 Å². The second-order valence-electron chi connectivity index (χ2n) is 3.22. The summed E-state index contributed by atoms with van der Waals surface area (Å²) in [7, 11) is 0. The van der Waals surface area contributed by atoms with Gasteiger partial charge in [0, 0.05) is 6.61 Å². The maximum Gasteiger partial charge on any atom is 0.309 e. The predicted octanol–water partition coefficient (Wildman–Crippen LogP) is 0.958. The summed E-state index contributed by atoms with van der Waals surface area (Å²) >= 11 is 0. The number of ether oxygens (including phenoxy) is 1. The Bertz CT molecular complexity index is 156. The highest BCUT2D eigenvalue weighted by Gasteiger charge is 2.43. The van der Waals surface area contributed by atoms with Crippen molar-refractivity contribution in [3.05, 3.63) is 0 Å². The maximum absolute atomic E-state index is 11.1. The quantitative estimate of drug-likeness (QED) is 0.628. The molecule has 0 radical (unpaired) electrons. The lowest BCUT2D eigenvalue weighted by Crippen LogP contribution is -2.07. The second kappa shape index (κ2) is 4.45. The first kappa shape index (κ1) is 9.52. The normalized spacial score (nSPS) is 26.8. The number of aliphatic hydroxyl groups is 1. The van der Waals surface area contributed by atoms with Crippen molar-refractivity contribution in [1.29, 1.82) is 0 Å². The minimum absolute atomic E-state index is 0.0551. The van der Waals surface area contributed by atoms with E-state index in [4.69, 9.17) is 9.84 Å². The van der Waals surface area contributed by atoms with Gasteiger partial charge in [0.15, 0.2) is 0 Å². The summed E-state index contributed by atoms with van der Waals surface area (Å²) in [5, 5.41) is 8.55. The van der Waals surface area contributed by atoms with Crippen LogP contribution in [0.2, 0.25) is 0 Å². The number of hydrogen-bond donors (Lipinski definition) is 1. The number of rotatable bonds is 5. The molecule has 1 N–H and O–H groups in total. The zero-order chi connectivity index (χ0) is 8.97. The summed E-state index contributed by atoms with van der Waals surface area (Å²) in [6, 6.07) is 0. The Kier molecular flexibility index (Phi) is 3.53. The van der Waals surface area contributed by atoms with Gasteiger partial charge in [0.2, 0.25) is 0 Å². The minimum atomic E-state index is -0.0551. The largest absolute Gasteiger partial charge is 0.466 e. The van der Waals surface area contributed by atoms with Gasteiger partial charge in [0.1, 0.15) is 0 Å². The summed E-state index contributed by atoms with van der Waals surface area (Å²) < 4.78 is 4.87. The smallest absolute Gasteiger partial charge is 0.309 e. The number of hydrogen-bond acceptors (Lipinski definition) is 3. The van der Waals surface area contributed by atoms with Crippen molar-refractivity contribution in [3.63, 3.8) is 0 Å². The van der Waals surface area contributed by atoms with Gasteiger partial charge in [-0.1, -0.05) is 0 Å². The topological polar surface area (TPSA) is 46.5 Å². The molecular weight excluding hydrogens is 156 g/mol. The number of aliphatic hydroxyl groups excluding tert-OH is 1. The van der Waals surface area contributed by atoms with Gasteiger partial charge in [0.25, 0.3) is 0 Å². The van der Waals surface area contributed by atoms with Crippen molar-refractivity contribution in [2.45, 2.75) is 26.2 Å². The van der Waals surface area contributed by atoms with Gasteiger partial charge in [0.05, 0.1) is 12.5 Å². The summed E-state index contributed by atoms with van der Waals surface area (Å²) in [5.74, 6) is 0.563. The third kappa shape index (κ3) is 2.48. The third-order valence-electron chi connectivity index (χ3n) is 2.24. The molecule has 0 saturated heterocycles. The van der Waals surface area contributed by atoms with E-state index in [9.17, 15) is 4.79 Å². The molecular formula is C9H16O3. The first-order chi connectivity index (χ1) is 5.79. The molecule has 0 bridgehead atoms. The summed E-state index contributed by atoms with van der Waals surface area (Å²) in [4.78, 5) is 11.1. The standard InChI is InChI=1S/C9H16O3/c1-2-12-9(11)8-6-7(8)4-3-5-10/h7-8,10H,2-6H2,1H3/t7-,8-/m1/s1. The average Bonchev–Trinajstić information content (AvgIpc) is 2.80. The van der Waals surface area contributed by atoms with E-state index in [1.54, 1.807) is 0 Å². The number of esters is 1. The monoisotopic (exact) mass is 172 g/mol. The zero-order valence-corrected chi connectivity index (χ0v) is 7.45. The molecule has 0 amide bonds. The van der Waals surface area contributed by atoms with E-state index in [1.165, 1.54) is 0 Å². The van der Waals surface area contributed by atoms with Crippen LogP contribution in [0.1, 0.15) is 26.2 Å². The van der Waals surface area contributed by atoms with Crippen LogP contribution in [0, 0.1) is 11.8 Å². The zero-order valence-electron chi connectivity index (χ0n) is 7.45. The minimum Gasteiger partial charge on any atom is -0.466 e.